The number of hydrogen-bond donors (Lipinski definition) is 1. The summed E-state index contributed by atoms with van der Waals surface area (Å²) in [6.45, 7) is 3.07. The predicted octanol–water partition coefficient (Wildman–Crippen LogP) is 5.02. The van der Waals surface area contributed by atoms with Crippen LogP contribution in [0.15, 0.2) is 41.0 Å². The third-order valence-corrected chi connectivity index (χ3v) is 4.30. The largest absolute Gasteiger partial charge is 0.370 e. The van der Waals surface area contributed by atoms with Crippen molar-refractivity contribution in [2.24, 2.45) is 0 Å². The van der Waals surface area contributed by atoms with Crippen molar-refractivity contribution in [2.45, 2.75) is 19.8 Å². The Labute approximate surface area is 142 Å². The zero-order chi connectivity index (χ0) is 15.5. The minimum absolute atomic E-state index is 0.689. The van der Waals surface area contributed by atoms with Gasteiger partial charge in [-0.1, -0.05) is 43.1 Å². The minimum atomic E-state index is 0.689. The van der Waals surface area contributed by atoms with Gasteiger partial charge in [0.1, 0.15) is 5.82 Å². The third kappa shape index (κ3) is 2.96. The van der Waals surface area contributed by atoms with Gasteiger partial charge in [0.25, 0.3) is 0 Å². The average Bonchev–Trinajstić information content (AvgIpc) is 2.90. The number of nitrogens with zero attached hydrogens (tertiary/aromatic N) is 3. The number of fused-ring (bicyclic) bond motifs is 1. The summed E-state index contributed by atoms with van der Waals surface area (Å²) < 4.78 is 2.67. The van der Waals surface area contributed by atoms with E-state index >= 15 is 0 Å². The fourth-order valence-electron chi connectivity index (χ4n) is 2.26. The zero-order valence-corrected chi connectivity index (χ0v) is 14.5. The summed E-state index contributed by atoms with van der Waals surface area (Å²) in [5, 5.41) is 8.48. The van der Waals surface area contributed by atoms with Crippen molar-refractivity contribution in [3.05, 3.63) is 46.0 Å². The van der Waals surface area contributed by atoms with Crippen molar-refractivity contribution in [1.29, 1.82) is 0 Å². The fourth-order valence-corrected chi connectivity index (χ4v) is 2.84. The molecule has 0 aliphatic rings. The standard InChI is InChI=1S/C16H16BrClN4/c1-2-3-8-19-15-9-14(11-6-4-5-7-13(11)18)21-16-12(17)10-20-22(15)16/h4-7,9-10,19H,2-3,8H2,1H3. The Morgan fingerprint density at radius 3 is 2.91 bits per heavy atom. The van der Waals surface area contributed by atoms with Gasteiger partial charge in [0.05, 0.1) is 16.4 Å². The highest BCUT2D eigenvalue weighted by molar-refractivity contribution is 9.10. The van der Waals surface area contributed by atoms with E-state index in [4.69, 9.17) is 11.6 Å². The molecule has 2 aromatic heterocycles. The van der Waals surface area contributed by atoms with E-state index in [-0.39, 0.29) is 0 Å². The van der Waals surface area contributed by atoms with E-state index in [0.29, 0.717) is 5.02 Å². The van der Waals surface area contributed by atoms with E-state index in [9.17, 15) is 0 Å². The molecule has 0 saturated carbocycles. The highest BCUT2D eigenvalue weighted by Gasteiger charge is 2.12. The van der Waals surface area contributed by atoms with Gasteiger partial charge in [-0.15, -0.1) is 0 Å². The summed E-state index contributed by atoms with van der Waals surface area (Å²) in [5.74, 6) is 0.916. The average molecular weight is 380 g/mol. The molecule has 0 fully saturated rings. The Morgan fingerprint density at radius 1 is 1.32 bits per heavy atom. The normalized spacial score (nSPS) is 11.0. The Hall–Kier alpha value is -1.59. The lowest BCUT2D eigenvalue weighted by Gasteiger charge is -2.11. The van der Waals surface area contributed by atoms with Crippen LogP contribution in [-0.2, 0) is 0 Å². The molecule has 0 bridgehead atoms. The Kier molecular flexibility index (Phi) is 4.64. The van der Waals surface area contributed by atoms with E-state index in [1.54, 1.807) is 10.7 Å². The number of anilines is 1. The highest BCUT2D eigenvalue weighted by atomic mass is 79.9. The number of nitrogens with one attached hydrogen (secondary N) is 1. The molecule has 0 spiro atoms. The lowest BCUT2D eigenvalue weighted by molar-refractivity contribution is 0.820. The molecule has 0 aliphatic heterocycles. The molecule has 22 heavy (non-hydrogen) atoms. The minimum Gasteiger partial charge on any atom is -0.370 e. The van der Waals surface area contributed by atoms with E-state index in [1.807, 2.05) is 30.3 Å². The molecule has 0 saturated heterocycles. The van der Waals surface area contributed by atoms with Gasteiger partial charge in [-0.2, -0.15) is 9.61 Å². The molecule has 3 rings (SSSR count). The topological polar surface area (TPSA) is 42.2 Å². The molecule has 3 aromatic rings. The van der Waals surface area contributed by atoms with Gasteiger partial charge in [0.15, 0.2) is 5.65 Å². The van der Waals surface area contributed by atoms with Crippen LogP contribution in [0.4, 0.5) is 5.82 Å². The molecule has 2 heterocycles. The summed E-state index contributed by atoms with van der Waals surface area (Å²) >= 11 is 9.81. The molecule has 0 radical (unpaired) electrons. The van der Waals surface area contributed by atoms with Crippen LogP contribution in [0, 0.1) is 0 Å². The monoisotopic (exact) mass is 378 g/mol. The quantitative estimate of drug-likeness (QED) is 0.633. The van der Waals surface area contributed by atoms with Crippen LogP contribution in [0.3, 0.4) is 0 Å². The third-order valence-electron chi connectivity index (χ3n) is 3.42. The van der Waals surface area contributed by atoms with Crippen LogP contribution in [0.25, 0.3) is 16.9 Å². The van der Waals surface area contributed by atoms with Crippen LogP contribution in [0.2, 0.25) is 5.02 Å². The molecule has 0 atom stereocenters. The number of benzene rings is 1. The number of aromatic nitrogens is 3. The molecule has 0 aliphatic carbocycles. The summed E-state index contributed by atoms with van der Waals surface area (Å²) in [5.41, 5.74) is 2.52. The zero-order valence-electron chi connectivity index (χ0n) is 12.2. The molecule has 1 aromatic carbocycles. The van der Waals surface area contributed by atoms with Gasteiger partial charge in [0.2, 0.25) is 0 Å². The van der Waals surface area contributed by atoms with Crippen molar-refractivity contribution >= 4 is 39.0 Å². The highest BCUT2D eigenvalue weighted by Crippen LogP contribution is 2.30. The molecule has 4 nitrogen and oxygen atoms in total. The Morgan fingerprint density at radius 2 is 2.14 bits per heavy atom. The first-order valence-corrected chi connectivity index (χ1v) is 8.41. The van der Waals surface area contributed by atoms with Gasteiger partial charge >= 0.3 is 0 Å². The molecule has 6 heteroatoms. The first-order chi connectivity index (χ1) is 10.7. The smallest absolute Gasteiger partial charge is 0.172 e. The van der Waals surface area contributed by atoms with Gasteiger partial charge in [0, 0.05) is 23.2 Å². The van der Waals surface area contributed by atoms with Crippen molar-refractivity contribution in [3.63, 3.8) is 0 Å². The second-order valence-electron chi connectivity index (χ2n) is 5.01. The lowest BCUT2D eigenvalue weighted by Crippen LogP contribution is -2.08. The number of hydrogen-bond acceptors (Lipinski definition) is 3. The van der Waals surface area contributed by atoms with Crippen LogP contribution in [0.5, 0.6) is 0 Å². The molecule has 0 unspecified atom stereocenters. The molecule has 1 N–H and O–H groups in total. The van der Waals surface area contributed by atoms with E-state index in [0.717, 1.165) is 46.6 Å². The Balaban J connectivity index is 2.11. The second-order valence-corrected chi connectivity index (χ2v) is 6.28. The van der Waals surface area contributed by atoms with Gasteiger partial charge < -0.3 is 5.32 Å². The van der Waals surface area contributed by atoms with E-state index < -0.39 is 0 Å². The SMILES string of the molecule is CCCCNc1cc(-c2ccccc2Cl)nc2c(Br)cnn12. The molecular weight excluding hydrogens is 364 g/mol. The Bertz CT molecular complexity index is 800. The van der Waals surface area contributed by atoms with Crippen LogP contribution < -0.4 is 5.32 Å². The number of halogens is 2. The van der Waals surface area contributed by atoms with Crippen molar-refractivity contribution in [3.8, 4) is 11.3 Å². The van der Waals surface area contributed by atoms with Crippen molar-refractivity contribution < 1.29 is 0 Å². The summed E-state index contributed by atoms with van der Waals surface area (Å²) in [7, 11) is 0. The van der Waals surface area contributed by atoms with Crippen LogP contribution in [0.1, 0.15) is 19.8 Å². The first-order valence-electron chi connectivity index (χ1n) is 7.23. The summed E-state index contributed by atoms with van der Waals surface area (Å²) in [6.07, 6.45) is 4.00. The van der Waals surface area contributed by atoms with Crippen molar-refractivity contribution in [1.82, 2.24) is 14.6 Å². The number of unbranched alkanes of at least 4 members (excludes halogenated alkanes) is 1. The van der Waals surface area contributed by atoms with E-state index in [1.165, 1.54) is 0 Å². The molecule has 0 amide bonds. The fraction of sp³-hybridized carbons (Fsp3) is 0.250. The van der Waals surface area contributed by atoms with Crippen LogP contribution in [-0.4, -0.2) is 21.1 Å². The summed E-state index contributed by atoms with van der Waals surface area (Å²) in [4.78, 5) is 4.68. The molecule has 114 valence electrons. The molecular formula is C16H16BrClN4. The summed E-state index contributed by atoms with van der Waals surface area (Å²) in [6, 6.07) is 9.71. The maximum Gasteiger partial charge on any atom is 0.172 e. The van der Waals surface area contributed by atoms with Crippen LogP contribution >= 0.6 is 27.5 Å². The number of rotatable bonds is 5. The van der Waals surface area contributed by atoms with Gasteiger partial charge in [-0.05, 0) is 28.4 Å². The van der Waals surface area contributed by atoms with Crippen molar-refractivity contribution in [2.75, 3.05) is 11.9 Å². The van der Waals surface area contributed by atoms with E-state index in [2.05, 4.69) is 38.3 Å². The first kappa shape index (κ1) is 15.3. The second kappa shape index (κ2) is 6.67. The predicted molar refractivity (Wildman–Crippen MR) is 94.5 cm³/mol. The van der Waals surface area contributed by atoms with Gasteiger partial charge in [-0.25, -0.2) is 4.98 Å². The maximum atomic E-state index is 6.31. The maximum absolute atomic E-state index is 6.31. The van der Waals surface area contributed by atoms with Gasteiger partial charge in [-0.3, -0.25) is 0 Å². The lowest BCUT2D eigenvalue weighted by atomic mass is 10.1.